The lowest BCUT2D eigenvalue weighted by Crippen LogP contribution is -2.46. The molecule has 12 heteroatoms. The van der Waals surface area contributed by atoms with E-state index in [2.05, 4.69) is 4.74 Å². The number of hydrogen-bond donors (Lipinski definition) is 1. The zero-order valence-corrected chi connectivity index (χ0v) is 17.4. The predicted octanol–water partition coefficient (Wildman–Crippen LogP) is 4.04. The highest BCUT2D eigenvalue weighted by Crippen LogP contribution is 2.36. The third kappa shape index (κ3) is 6.33. The fourth-order valence-electron chi connectivity index (χ4n) is 2.72. The van der Waals surface area contributed by atoms with Crippen molar-refractivity contribution < 1.29 is 37.2 Å². The molecule has 2 rings (SSSR count). The van der Waals surface area contributed by atoms with E-state index in [1.54, 1.807) is 30.3 Å². The van der Waals surface area contributed by atoms with Crippen molar-refractivity contribution in [1.29, 1.82) is 0 Å². The summed E-state index contributed by atoms with van der Waals surface area (Å²) in [6.07, 6.45) is -5.20. The number of nitrogens with zero attached hydrogens (tertiary/aromatic N) is 1. The van der Waals surface area contributed by atoms with Gasteiger partial charge in [0.1, 0.15) is 12.4 Å². The van der Waals surface area contributed by atoms with Crippen molar-refractivity contribution in [2.24, 2.45) is 0 Å². The van der Waals surface area contributed by atoms with Crippen LogP contribution in [0.2, 0.25) is 0 Å². The Morgan fingerprint density at radius 1 is 1.22 bits per heavy atom. The van der Waals surface area contributed by atoms with Gasteiger partial charge in [0, 0.05) is 11.4 Å². The minimum Gasteiger partial charge on any atom is -0.486 e. The van der Waals surface area contributed by atoms with Crippen LogP contribution in [-0.4, -0.2) is 41.9 Å². The molecule has 0 saturated heterocycles. The molecule has 32 heavy (non-hydrogen) atoms. The van der Waals surface area contributed by atoms with Crippen molar-refractivity contribution in [1.82, 2.24) is 0 Å². The number of methoxy groups -OCH3 is 1. The van der Waals surface area contributed by atoms with Gasteiger partial charge in [0.15, 0.2) is 6.04 Å². The summed E-state index contributed by atoms with van der Waals surface area (Å²) < 4.78 is 50.2. The van der Waals surface area contributed by atoms with E-state index in [1.807, 2.05) is 5.32 Å². The number of ether oxygens (including phenoxy) is 2. The Morgan fingerprint density at radius 2 is 1.88 bits per heavy atom. The molecule has 1 atom stereocenters. The summed E-state index contributed by atoms with van der Waals surface area (Å²) in [6, 6.07) is 7.56. The summed E-state index contributed by atoms with van der Waals surface area (Å²) in [4.78, 5) is 34.1. The third-order valence-electron chi connectivity index (χ3n) is 4.25. The molecule has 0 heterocycles. The van der Waals surface area contributed by atoms with Crippen molar-refractivity contribution in [3.05, 3.63) is 63.7 Å². The topological polar surface area (TPSA) is 108 Å². The summed E-state index contributed by atoms with van der Waals surface area (Å²) in [7, 11) is 0.770. The molecule has 0 spiro atoms. The van der Waals surface area contributed by atoms with Crippen molar-refractivity contribution in [2.75, 3.05) is 18.3 Å². The average molecular weight is 475 g/mol. The Kier molecular flexibility index (Phi) is 8.41. The molecule has 8 nitrogen and oxygen atoms in total. The first kappa shape index (κ1) is 24.9. The van der Waals surface area contributed by atoms with Gasteiger partial charge in [-0.2, -0.15) is 13.2 Å². The van der Waals surface area contributed by atoms with E-state index in [0.717, 1.165) is 19.2 Å². The molecule has 0 saturated carbocycles. The van der Waals surface area contributed by atoms with Crippen molar-refractivity contribution >= 4 is 34.7 Å². The monoisotopic (exact) mass is 474 g/mol. The fraction of sp³-hybridized carbons (Fsp3) is 0.300. The molecule has 1 N–H and O–H groups in total. The Morgan fingerprint density at radius 3 is 2.41 bits per heavy atom. The average Bonchev–Trinajstić information content (AvgIpc) is 2.75. The molecule has 172 valence electrons. The van der Waals surface area contributed by atoms with E-state index < -0.39 is 34.6 Å². The van der Waals surface area contributed by atoms with Crippen LogP contribution in [0.5, 0.6) is 5.75 Å². The number of halogens is 4. The number of nitrogens with one attached hydrogen (secondary N) is 1. The SMILES string of the molecule is COC(=O)C(=O)C(Nc1cc(CCCl)c([N+](=O)[O-])cc1OCc1ccccc1)C(F)(F)F. The van der Waals surface area contributed by atoms with Gasteiger partial charge in [-0.25, -0.2) is 4.79 Å². The summed E-state index contributed by atoms with van der Waals surface area (Å²) in [5.74, 6) is -3.94. The number of nitro benzene ring substituents is 1. The minimum atomic E-state index is -5.17. The summed E-state index contributed by atoms with van der Waals surface area (Å²) in [6.45, 7) is -0.122. The normalized spacial score (nSPS) is 12.0. The molecule has 0 amide bonds. The van der Waals surface area contributed by atoms with Crippen LogP contribution in [0.25, 0.3) is 0 Å². The van der Waals surface area contributed by atoms with Gasteiger partial charge in [0.2, 0.25) is 0 Å². The number of anilines is 1. The van der Waals surface area contributed by atoms with Gasteiger partial charge in [-0.3, -0.25) is 14.9 Å². The Labute approximate surface area is 185 Å². The Bertz CT molecular complexity index is 985. The molecule has 0 aliphatic carbocycles. The van der Waals surface area contributed by atoms with Gasteiger partial charge in [0.05, 0.1) is 23.8 Å². The first-order valence-electron chi connectivity index (χ1n) is 9.07. The number of aryl methyl sites for hydroxylation is 1. The van der Waals surface area contributed by atoms with Crippen LogP contribution in [0.15, 0.2) is 42.5 Å². The van der Waals surface area contributed by atoms with Crippen LogP contribution in [-0.2, 0) is 27.4 Å². The second kappa shape index (κ2) is 10.8. The minimum absolute atomic E-state index is 0.0194. The number of benzene rings is 2. The highest BCUT2D eigenvalue weighted by atomic mass is 35.5. The molecule has 0 aliphatic heterocycles. The number of alkyl halides is 4. The maximum atomic E-state index is 13.5. The van der Waals surface area contributed by atoms with Crippen LogP contribution in [0.1, 0.15) is 11.1 Å². The zero-order chi connectivity index (χ0) is 23.9. The molecule has 2 aromatic rings. The van der Waals surface area contributed by atoms with Crippen LogP contribution >= 0.6 is 11.6 Å². The van der Waals surface area contributed by atoms with Gasteiger partial charge in [0.25, 0.3) is 11.5 Å². The van der Waals surface area contributed by atoms with E-state index >= 15 is 0 Å². The summed E-state index contributed by atoms with van der Waals surface area (Å²) >= 11 is 5.67. The second-order valence-electron chi connectivity index (χ2n) is 6.42. The lowest BCUT2D eigenvalue weighted by Gasteiger charge is -2.22. The molecule has 0 bridgehead atoms. The van der Waals surface area contributed by atoms with Crippen LogP contribution in [0.4, 0.5) is 24.5 Å². The fourth-order valence-corrected chi connectivity index (χ4v) is 2.93. The number of ketones is 1. The van der Waals surface area contributed by atoms with Gasteiger partial charge in [-0.15, -0.1) is 11.6 Å². The van der Waals surface area contributed by atoms with Crippen LogP contribution in [0, 0.1) is 10.1 Å². The van der Waals surface area contributed by atoms with E-state index in [9.17, 15) is 32.9 Å². The van der Waals surface area contributed by atoms with Crippen molar-refractivity contribution in [2.45, 2.75) is 25.2 Å². The van der Waals surface area contributed by atoms with Gasteiger partial charge < -0.3 is 14.8 Å². The van der Waals surface area contributed by atoms with Gasteiger partial charge in [-0.1, -0.05) is 30.3 Å². The molecule has 0 aliphatic rings. The number of hydrogen-bond acceptors (Lipinski definition) is 7. The van der Waals surface area contributed by atoms with E-state index in [4.69, 9.17) is 16.3 Å². The number of carbonyl (C=O) groups excluding carboxylic acids is 2. The molecular weight excluding hydrogens is 457 g/mol. The van der Waals surface area contributed by atoms with Crippen LogP contribution in [0.3, 0.4) is 0 Å². The van der Waals surface area contributed by atoms with E-state index in [-0.39, 0.29) is 35.9 Å². The van der Waals surface area contributed by atoms with Crippen LogP contribution < -0.4 is 10.1 Å². The molecule has 0 fully saturated rings. The predicted molar refractivity (Wildman–Crippen MR) is 109 cm³/mol. The summed E-state index contributed by atoms with van der Waals surface area (Å²) in [5.41, 5.74) is -0.122. The lowest BCUT2D eigenvalue weighted by molar-refractivity contribution is -0.385. The Hall–Kier alpha value is -3.34. The molecular formula is C20H18ClF3N2O6. The van der Waals surface area contributed by atoms with Gasteiger partial charge >= 0.3 is 12.1 Å². The van der Waals surface area contributed by atoms with Crippen molar-refractivity contribution in [3.63, 3.8) is 0 Å². The lowest BCUT2D eigenvalue weighted by atomic mass is 10.1. The highest BCUT2D eigenvalue weighted by Gasteiger charge is 2.48. The Balaban J connectivity index is 2.52. The standard InChI is InChI=1S/C20H18ClF3N2O6/c1-31-19(28)17(27)18(20(22,23)24)25-14-9-13(7-8-21)15(26(29)30)10-16(14)32-11-12-5-3-2-4-6-12/h2-6,9-10,18,25H,7-8,11H2,1H3. The maximum absolute atomic E-state index is 13.5. The second-order valence-corrected chi connectivity index (χ2v) is 6.80. The number of carbonyl (C=O) groups is 2. The van der Waals surface area contributed by atoms with Crippen molar-refractivity contribution in [3.8, 4) is 5.75 Å². The largest absolute Gasteiger partial charge is 0.486 e. The smallest absolute Gasteiger partial charge is 0.416 e. The maximum Gasteiger partial charge on any atom is 0.416 e. The molecule has 0 radical (unpaired) electrons. The van der Waals surface area contributed by atoms with Gasteiger partial charge in [-0.05, 0) is 18.1 Å². The number of Topliss-reactive ketones (excluding diaryl/α,β-unsaturated/α-hetero) is 1. The third-order valence-corrected chi connectivity index (χ3v) is 4.44. The highest BCUT2D eigenvalue weighted by molar-refractivity contribution is 6.36. The quantitative estimate of drug-likeness (QED) is 0.182. The molecule has 2 aromatic carbocycles. The number of esters is 1. The zero-order valence-electron chi connectivity index (χ0n) is 16.6. The summed E-state index contributed by atoms with van der Waals surface area (Å²) in [5, 5.41) is 13.4. The number of rotatable bonds is 10. The first-order valence-corrected chi connectivity index (χ1v) is 9.61. The molecule has 0 aromatic heterocycles. The van der Waals surface area contributed by atoms with E-state index in [0.29, 0.717) is 5.56 Å². The number of nitro groups is 1. The molecule has 1 unspecified atom stereocenters. The van der Waals surface area contributed by atoms with E-state index in [1.165, 1.54) is 0 Å². The first-order chi connectivity index (χ1) is 15.1.